The Hall–Kier alpha value is -1.60. The molecule has 2 aromatic rings. The van der Waals surface area contributed by atoms with Gasteiger partial charge in [-0.1, -0.05) is 6.07 Å². The highest BCUT2D eigenvalue weighted by Crippen LogP contribution is 2.32. The highest BCUT2D eigenvalue weighted by molar-refractivity contribution is 9.13. The van der Waals surface area contributed by atoms with E-state index < -0.39 is 6.09 Å². The van der Waals surface area contributed by atoms with E-state index in [2.05, 4.69) is 37.2 Å². The van der Waals surface area contributed by atoms with Gasteiger partial charge in [0, 0.05) is 19.2 Å². The van der Waals surface area contributed by atoms with E-state index in [0.717, 1.165) is 21.1 Å². The molecule has 0 unspecified atom stereocenters. The molecule has 0 atom stereocenters. The zero-order valence-corrected chi connectivity index (χ0v) is 14.8. The van der Waals surface area contributed by atoms with Crippen LogP contribution in [0.15, 0.2) is 33.3 Å². The minimum Gasteiger partial charge on any atom is -0.410 e. The number of nitrogens with one attached hydrogen (secondary N) is 1. The fourth-order valence-corrected chi connectivity index (χ4v) is 3.39. The molecule has 0 saturated heterocycles. The van der Waals surface area contributed by atoms with Gasteiger partial charge in [-0.05, 0) is 62.0 Å². The van der Waals surface area contributed by atoms with Gasteiger partial charge in [0.15, 0.2) is 0 Å². The molecule has 1 amide bonds. The summed E-state index contributed by atoms with van der Waals surface area (Å²) >= 11 is 6.91. The summed E-state index contributed by atoms with van der Waals surface area (Å²) in [4.78, 5) is 24.1. The minimum absolute atomic E-state index is 0.0822. The van der Waals surface area contributed by atoms with E-state index in [-0.39, 0.29) is 5.78 Å². The van der Waals surface area contributed by atoms with Gasteiger partial charge < -0.3 is 14.6 Å². The van der Waals surface area contributed by atoms with Crippen LogP contribution in [-0.4, -0.2) is 23.5 Å². The van der Waals surface area contributed by atoms with Crippen molar-refractivity contribution in [3.05, 3.63) is 50.2 Å². The third kappa shape index (κ3) is 2.59. The van der Waals surface area contributed by atoms with Crippen molar-refractivity contribution in [3.8, 4) is 5.75 Å². The number of benzene rings is 1. The molecule has 1 aromatic heterocycles. The molecule has 0 saturated carbocycles. The molecule has 0 radical (unpaired) electrons. The number of hydrogen-bond donors (Lipinski definition) is 1. The second kappa shape index (κ2) is 5.89. The Labute approximate surface area is 143 Å². The number of fused-ring (bicyclic) bond motifs is 2. The van der Waals surface area contributed by atoms with Crippen molar-refractivity contribution >= 4 is 43.7 Å². The Kier molecular flexibility index (Phi) is 4.10. The fraction of sp³-hybridized carbons (Fsp3) is 0.200. The molecule has 0 bridgehead atoms. The van der Waals surface area contributed by atoms with Crippen molar-refractivity contribution in [2.24, 2.45) is 0 Å². The van der Waals surface area contributed by atoms with E-state index in [1.807, 2.05) is 10.6 Å². The average molecular weight is 428 g/mol. The average Bonchev–Trinajstić information content (AvgIpc) is 2.72. The molecule has 0 aliphatic carbocycles. The molecule has 114 valence electrons. The Morgan fingerprint density at radius 1 is 1.32 bits per heavy atom. The summed E-state index contributed by atoms with van der Waals surface area (Å²) in [6.07, 6.45) is 0.170. The van der Waals surface area contributed by atoms with Crippen LogP contribution in [0.5, 0.6) is 5.75 Å². The number of amides is 1. The third-order valence-electron chi connectivity index (χ3n) is 3.57. The van der Waals surface area contributed by atoms with Crippen LogP contribution in [0, 0.1) is 0 Å². The molecule has 0 fully saturated rings. The summed E-state index contributed by atoms with van der Waals surface area (Å²) in [5.41, 5.74) is 2.12. The zero-order chi connectivity index (χ0) is 15.9. The van der Waals surface area contributed by atoms with Gasteiger partial charge in [-0.3, -0.25) is 4.79 Å². The topological polar surface area (TPSA) is 60.3 Å². The monoisotopic (exact) mass is 426 g/mol. The number of nitrogens with zero attached hydrogens (tertiary/aromatic N) is 1. The van der Waals surface area contributed by atoms with E-state index >= 15 is 0 Å². The van der Waals surface area contributed by atoms with Gasteiger partial charge in [0.2, 0.25) is 5.78 Å². The molecule has 0 spiro atoms. The lowest BCUT2D eigenvalue weighted by Crippen LogP contribution is -2.22. The summed E-state index contributed by atoms with van der Waals surface area (Å²) in [7, 11) is 1.48. The van der Waals surface area contributed by atoms with Crippen LogP contribution in [0.4, 0.5) is 4.79 Å². The van der Waals surface area contributed by atoms with Crippen molar-refractivity contribution in [1.29, 1.82) is 0 Å². The SMILES string of the molecule is CNC(=O)Oc1ccc2c(c1)C(=O)c1cc(Br)c(Br)n1CC2. The number of ketones is 1. The minimum atomic E-state index is -0.560. The van der Waals surface area contributed by atoms with Crippen molar-refractivity contribution in [2.45, 2.75) is 13.0 Å². The highest BCUT2D eigenvalue weighted by Gasteiger charge is 2.25. The smallest absolute Gasteiger partial charge is 0.410 e. The third-order valence-corrected chi connectivity index (χ3v) is 5.56. The van der Waals surface area contributed by atoms with E-state index in [0.29, 0.717) is 23.6 Å². The van der Waals surface area contributed by atoms with Crippen LogP contribution >= 0.6 is 31.9 Å². The van der Waals surface area contributed by atoms with Gasteiger partial charge in [-0.25, -0.2) is 4.79 Å². The fourth-order valence-electron chi connectivity index (χ4n) is 2.48. The predicted octanol–water partition coefficient (Wildman–Crippen LogP) is 3.52. The van der Waals surface area contributed by atoms with Gasteiger partial charge >= 0.3 is 6.09 Å². The summed E-state index contributed by atoms with van der Waals surface area (Å²) in [6, 6.07) is 6.96. The van der Waals surface area contributed by atoms with E-state index in [4.69, 9.17) is 4.74 Å². The first-order chi connectivity index (χ1) is 10.5. The summed E-state index contributed by atoms with van der Waals surface area (Å²) in [6.45, 7) is 0.704. The number of aromatic nitrogens is 1. The maximum atomic E-state index is 12.8. The summed E-state index contributed by atoms with van der Waals surface area (Å²) in [5, 5.41) is 2.38. The van der Waals surface area contributed by atoms with Crippen LogP contribution in [0.25, 0.3) is 0 Å². The van der Waals surface area contributed by atoms with E-state index in [1.165, 1.54) is 7.05 Å². The Morgan fingerprint density at radius 2 is 2.09 bits per heavy atom. The lowest BCUT2D eigenvalue weighted by Gasteiger charge is -2.08. The van der Waals surface area contributed by atoms with Gasteiger partial charge in [-0.15, -0.1) is 0 Å². The number of ether oxygens (including phenoxy) is 1. The second-order valence-corrected chi connectivity index (χ2v) is 6.46. The lowest BCUT2D eigenvalue weighted by atomic mass is 10.0. The first-order valence-electron chi connectivity index (χ1n) is 6.63. The van der Waals surface area contributed by atoms with E-state index in [1.54, 1.807) is 18.2 Å². The first kappa shape index (κ1) is 15.3. The number of carbonyl (C=O) groups excluding carboxylic acids is 2. The summed E-state index contributed by atoms with van der Waals surface area (Å²) < 4.78 is 8.74. The number of hydrogen-bond acceptors (Lipinski definition) is 3. The molecule has 1 aromatic carbocycles. The molecular formula is C15H12Br2N2O3. The molecule has 1 aliphatic rings. The zero-order valence-electron chi connectivity index (χ0n) is 11.7. The molecule has 3 rings (SSSR count). The molecule has 2 heterocycles. The van der Waals surface area contributed by atoms with Crippen LogP contribution in [0.2, 0.25) is 0 Å². The Balaban J connectivity index is 2.04. The highest BCUT2D eigenvalue weighted by atomic mass is 79.9. The maximum Gasteiger partial charge on any atom is 0.412 e. The van der Waals surface area contributed by atoms with E-state index in [9.17, 15) is 9.59 Å². The van der Waals surface area contributed by atoms with Gasteiger partial charge in [0.05, 0.1) is 14.8 Å². The Bertz CT molecular complexity index is 783. The molecule has 22 heavy (non-hydrogen) atoms. The van der Waals surface area contributed by atoms with Crippen LogP contribution in [0.1, 0.15) is 21.6 Å². The molecule has 5 nitrogen and oxygen atoms in total. The van der Waals surface area contributed by atoms with Gasteiger partial charge in [-0.2, -0.15) is 0 Å². The standard InChI is InChI=1S/C15H12Br2N2O3/c1-18-15(21)22-9-3-2-8-4-5-19-12(7-11(16)14(19)17)13(20)10(8)6-9/h2-3,6-7H,4-5H2,1H3,(H,18,21). The predicted molar refractivity (Wildman–Crippen MR) is 88.5 cm³/mol. The number of carbonyl (C=O) groups is 2. The first-order valence-corrected chi connectivity index (χ1v) is 8.21. The molecule has 1 N–H and O–H groups in total. The van der Waals surface area contributed by atoms with Crippen molar-refractivity contribution in [1.82, 2.24) is 9.88 Å². The van der Waals surface area contributed by atoms with Crippen molar-refractivity contribution in [2.75, 3.05) is 7.05 Å². The molecule has 7 heteroatoms. The van der Waals surface area contributed by atoms with Gasteiger partial charge in [0.1, 0.15) is 5.75 Å². The molecule has 1 aliphatic heterocycles. The normalized spacial score (nSPS) is 13.1. The molecular weight excluding hydrogens is 416 g/mol. The van der Waals surface area contributed by atoms with Crippen LogP contribution in [0.3, 0.4) is 0 Å². The van der Waals surface area contributed by atoms with Crippen molar-refractivity contribution < 1.29 is 14.3 Å². The van der Waals surface area contributed by atoms with Crippen LogP contribution < -0.4 is 10.1 Å². The lowest BCUT2D eigenvalue weighted by molar-refractivity contribution is 0.103. The second-order valence-electron chi connectivity index (χ2n) is 4.86. The van der Waals surface area contributed by atoms with Crippen molar-refractivity contribution in [3.63, 3.8) is 0 Å². The van der Waals surface area contributed by atoms with Gasteiger partial charge in [0.25, 0.3) is 0 Å². The number of halogens is 2. The Morgan fingerprint density at radius 3 is 2.82 bits per heavy atom. The largest absolute Gasteiger partial charge is 0.412 e. The summed E-state index contributed by atoms with van der Waals surface area (Å²) in [5.74, 6) is 0.269. The van der Waals surface area contributed by atoms with Crippen LogP contribution in [-0.2, 0) is 13.0 Å². The number of aryl methyl sites for hydroxylation is 1. The maximum absolute atomic E-state index is 12.8. The quantitative estimate of drug-likeness (QED) is 0.757. The number of rotatable bonds is 1.